The molecule has 5 rings (SSSR count). The van der Waals surface area contributed by atoms with Crippen LogP contribution < -0.4 is 16.0 Å². The van der Waals surface area contributed by atoms with Crippen molar-refractivity contribution in [3.8, 4) is 0 Å². The number of H-pyrrole nitrogens is 1. The Bertz CT molecular complexity index is 1530. The van der Waals surface area contributed by atoms with Gasteiger partial charge in [-0.15, -0.1) is 0 Å². The summed E-state index contributed by atoms with van der Waals surface area (Å²) >= 11 is 6.10. The molecule has 1 aromatic heterocycles. The third-order valence-corrected chi connectivity index (χ3v) is 9.13. The van der Waals surface area contributed by atoms with Crippen LogP contribution >= 0.6 is 11.6 Å². The summed E-state index contributed by atoms with van der Waals surface area (Å²) in [5.74, 6) is -1.23. The third kappa shape index (κ3) is 8.36. The van der Waals surface area contributed by atoms with Crippen LogP contribution in [-0.4, -0.2) is 70.0 Å². The number of halogens is 1. The first-order valence-corrected chi connectivity index (χ1v) is 16.1. The number of para-hydroxylation sites is 1. The summed E-state index contributed by atoms with van der Waals surface area (Å²) in [6.07, 6.45) is 5.70. The highest BCUT2D eigenvalue weighted by molar-refractivity contribution is 6.30. The molecule has 0 radical (unpaired) electrons. The van der Waals surface area contributed by atoms with Crippen LogP contribution in [0.15, 0.2) is 54.7 Å². The largest absolute Gasteiger partial charge is 0.480 e. The Morgan fingerprint density at radius 1 is 0.911 bits per heavy atom. The van der Waals surface area contributed by atoms with Crippen LogP contribution in [0.3, 0.4) is 0 Å². The number of carboxylic acids is 1. The third-order valence-electron chi connectivity index (χ3n) is 8.89. The molecule has 1 saturated carbocycles. The molecule has 2 heterocycles. The molecular formula is C34H42ClN5O5. The van der Waals surface area contributed by atoms with Gasteiger partial charge in [0.25, 0.3) is 0 Å². The lowest BCUT2D eigenvalue weighted by atomic mass is 9.99. The Labute approximate surface area is 268 Å². The molecule has 3 aromatic rings. The van der Waals surface area contributed by atoms with Crippen molar-refractivity contribution in [3.63, 3.8) is 0 Å². The number of aliphatic carboxylic acids is 1. The zero-order valence-electron chi connectivity index (χ0n) is 25.7. The molecule has 2 aliphatic rings. The fourth-order valence-electron chi connectivity index (χ4n) is 6.69. The van der Waals surface area contributed by atoms with E-state index in [1.807, 2.05) is 43.0 Å². The molecule has 0 spiro atoms. The van der Waals surface area contributed by atoms with Gasteiger partial charge in [-0.05, 0) is 72.8 Å². The van der Waals surface area contributed by atoms with Gasteiger partial charge < -0.3 is 30.9 Å². The fourth-order valence-corrected chi connectivity index (χ4v) is 6.90. The van der Waals surface area contributed by atoms with Crippen molar-refractivity contribution in [2.75, 3.05) is 13.1 Å². The van der Waals surface area contributed by atoms with Crippen LogP contribution in [0.1, 0.15) is 50.7 Å². The highest BCUT2D eigenvalue weighted by atomic mass is 35.5. The second kappa shape index (κ2) is 14.4. The fraction of sp³-hybridized carbons (Fsp3) is 0.471. The summed E-state index contributed by atoms with van der Waals surface area (Å²) in [4.78, 5) is 58.2. The summed E-state index contributed by atoms with van der Waals surface area (Å²) in [5, 5.41) is 19.8. The number of amides is 4. The van der Waals surface area contributed by atoms with Gasteiger partial charge in [0, 0.05) is 48.1 Å². The molecular weight excluding hydrogens is 594 g/mol. The number of urea groups is 1. The first-order chi connectivity index (χ1) is 21.5. The van der Waals surface area contributed by atoms with Crippen LogP contribution in [0.4, 0.5) is 4.79 Å². The molecule has 2 aromatic carbocycles. The van der Waals surface area contributed by atoms with Gasteiger partial charge in [0.2, 0.25) is 11.8 Å². The number of fused-ring (bicyclic) bond motifs is 3. The summed E-state index contributed by atoms with van der Waals surface area (Å²) in [7, 11) is 0. The van der Waals surface area contributed by atoms with Gasteiger partial charge in [-0.25, -0.2) is 9.59 Å². The standard InChI is InChI=1S/C34H42ClN5O5/c1-20(2)12-28(39-34(45)40-18-22-10-11-23(13-22)19-40)31(41)37-29(16-24-17-36-27-9-4-3-8-26(24)27)32(42)38-30(33(43)44)15-21-6-5-7-25(35)14-21/h3-9,14,17,20,22-23,28-30,36H,10-13,15-16,18-19H2,1-2H3,(H,37,41)(H,38,42)(H,39,45)(H,43,44)/t22-,23+,28-,29+,30+/m0/s1. The summed E-state index contributed by atoms with van der Waals surface area (Å²) in [6.45, 7) is 5.31. The molecule has 4 amide bonds. The first kappa shape index (κ1) is 32.3. The van der Waals surface area contributed by atoms with Gasteiger partial charge in [-0.2, -0.15) is 0 Å². The van der Waals surface area contributed by atoms with E-state index >= 15 is 0 Å². The lowest BCUT2D eigenvalue weighted by molar-refractivity contribution is -0.142. The van der Waals surface area contributed by atoms with Crippen LogP contribution in [0.25, 0.3) is 10.9 Å². The minimum absolute atomic E-state index is 0.0131. The summed E-state index contributed by atoms with van der Waals surface area (Å²) in [5.41, 5.74) is 2.32. The number of nitrogens with zero attached hydrogens (tertiary/aromatic N) is 1. The monoisotopic (exact) mass is 635 g/mol. The van der Waals surface area contributed by atoms with E-state index in [2.05, 4.69) is 20.9 Å². The smallest absolute Gasteiger partial charge is 0.326 e. The number of aromatic amines is 1. The zero-order chi connectivity index (χ0) is 32.1. The summed E-state index contributed by atoms with van der Waals surface area (Å²) < 4.78 is 0. The molecule has 240 valence electrons. The van der Waals surface area contributed by atoms with Gasteiger partial charge in [-0.1, -0.05) is 55.8 Å². The zero-order valence-corrected chi connectivity index (χ0v) is 26.5. The number of carbonyl (C=O) groups is 4. The van der Waals surface area contributed by atoms with Crippen molar-refractivity contribution in [2.24, 2.45) is 17.8 Å². The normalized spacial score (nSPS) is 19.6. The highest BCUT2D eigenvalue weighted by Crippen LogP contribution is 2.36. The van der Waals surface area contributed by atoms with Gasteiger partial charge in [-0.3, -0.25) is 9.59 Å². The van der Waals surface area contributed by atoms with E-state index in [1.54, 1.807) is 30.5 Å². The lowest BCUT2D eigenvalue weighted by Gasteiger charge is -2.33. The molecule has 0 unspecified atom stereocenters. The van der Waals surface area contributed by atoms with Crippen molar-refractivity contribution in [1.29, 1.82) is 0 Å². The minimum atomic E-state index is -1.25. The van der Waals surface area contributed by atoms with Crippen molar-refractivity contribution in [3.05, 3.63) is 70.9 Å². The van der Waals surface area contributed by atoms with E-state index in [9.17, 15) is 24.3 Å². The van der Waals surface area contributed by atoms with Crippen LogP contribution in [0.2, 0.25) is 5.02 Å². The molecule has 10 nitrogen and oxygen atoms in total. The number of hydrogen-bond acceptors (Lipinski definition) is 4. The van der Waals surface area contributed by atoms with Gasteiger partial charge in [0.15, 0.2) is 0 Å². The van der Waals surface area contributed by atoms with Crippen molar-refractivity contribution in [2.45, 2.75) is 70.5 Å². The number of nitrogens with one attached hydrogen (secondary N) is 4. The van der Waals surface area contributed by atoms with E-state index in [4.69, 9.17) is 11.6 Å². The number of benzene rings is 2. The Morgan fingerprint density at radius 2 is 1.60 bits per heavy atom. The molecule has 45 heavy (non-hydrogen) atoms. The van der Waals surface area contributed by atoms with E-state index in [0.29, 0.717) is 41.9 Å². The Kier molecular flexibility index (Phi) is 10.3. The SMILES string of the molecule is CC(C)C[C@H](NC(=O)N1C[C@@H]2CC[C@@H](C2)C1)C(=O)N[C@H](Cc1c[nH]c2ccccc12)C(=O)N[C@H](Cc1cccc(Cl)c1)C(=O)O. The maximum Gasteiger partial charge on any atom is 0.326 e. The van der Waals surface area contributed by atoms with Crippen LogP contribution in [-0.2, 0) is 27.2 Å². The topological polar surface area (TPSA) is 144 Å². The van der Waals surface area contributed by atoms with Gasteiger partial charge in [0.1, 0.15) is 18.1 Å². The molecule has 1 saturated heterocycles. The predicted molar refractivity (Wildman–Crippen MR) is 173 cm³/mol. The first-order valence-electron chi connectivity index (χ1n) is 15.7. The van der Waals surface area contributed by atoms with E-state index in [1.165, 1.54) is 0 Å². The maximum atomic E-state index is 13.8. The average Bonchev–Trinajstić information content (AvgIpc) is 3.56. The quantitative estimate of drug-likeness (QED) is 0.199. The number of hydrogen-bond donors (Lipinski definition) is 5. The van der Waals surface area contributed by atoms with Crippen LogP contribution in [0.5, 0.6) is 0 Å². The molecule has 11 heteroatoms. The molecule has 1 aliphatic carbocycles. The second-order valence-electron chi connectivity index (χ2n) is 12.9. The van der Waals surface area contributed by atoms with Gasteiger partial charge in [0.05, 0.1) is 0 Å². The van der Waals surface area contributed by atoms with Crippen molar-refractivity contribution >= 4 is 46.3 Å². The number of carboxylic acid groups (broad SMARTS) is 1. The predicted octanol–water partition coefficient (Wildman–Crippen LogP) is 4.52. The van der Waals surface area contributed by atoms with Crippen LogP contribution in [0, 0.1) is 17.8 Å². The highest BCUT2D eigenvalue weighted by Gasteiger charge is 2.37. The number of aromatic nitrogens is 1. The van der Waals surface area contributed by atoms with E-state index < -0.39 is 35.9 Å². The number of likely N-dealkylation sites (tertiary alicyclic amines) is 1. The molecule has 5 N–H and O–H groups in total. The number of carbonyl (C=O) groups excluding carboxylic acids is 3. The molecule has 2 fully saturated rings. The Morgan fingerprint density at radius 3 is 2.29 bits per heavy atom. The van der Waals surface area contributed by atoms with Crippen molar-refractivity contribution < 1.29 is 24.3 Å². The summed E-state index contributed by atoms with van der Waals surface area (Å²) in [6, 6.07) is 10.9. The molecule has 2 bridgehead atoms. The number of rotatable bonds is 12. The minimum Gasteiger partial charge on any atom is -0.480 e. The Hall–Kier alpha value is -4.05. The average molecular weight is 636 g/mol. The van der Waals surface area contributed by atoms with Gasteiger partial charge >= 0.3 is 12.0 Å². The maximum absolute atomic E-state index is 13.8. The number of piperidine rings is 1. The molecule has 5 atom stereocenters. The molecule has 1 aliphatic heterocycles. The Balaban J connectivity index is 1.35. The lowest BCUT2D eigenvalue weighted by Crippen LogP contribution is -2.58. The van der Waals surface area contributed by atoms with E-state index in [0.717, 1.165) is 35.7 Å². The van der Waals surface area contributed by atoms with E-state index in [-0.39, 0.29) is 24.8 Å². The second-order valence-corrected chi connectivity index (χ2v) is 13.4. The van der Waals surface area contributed by atoms with Crippen molar-refractivity contribution in [1.82, 2.24) is 25.8 Å².